The fourth-order valence-electron chi connectivity index (χ4n) is 3.92. The van der Waals surface area contributed by atoms with Crippen LogP contribution < -0.4 is 0 Å². The smallest absolute Gasteiger partial charge is 0.241 e. The zero-order chi connectivity index (χ0) is 19.2. The molecule has 0 aliphatic heterocycles. The summed E-state index contributed by atoms with van der Waals surface area (Å²) in [5.74, 6) is 0.372. The molecule has 0 saturated carbocycles. The standard InChI is InChI=1S/C21H19Cl2NO2S/c1-2-14-10-11-17-19(14)13-24(21(17)18-8-3-4-9-20(18)23)27(25,26)16-7-5-6-15(22)12-16/h3-9,12-14H,2,10-11H2,1H3. The first-order valence-corrected chi connectivity index (χ1v) is 11.1. The fraction of sp³-hybridized carbons (Fsp3) is 0.238. The summed E-state index contributed by atoms with van der Waals surface area (Å²) in [6.07, 6.45) is 4.66. The predicted molar refractivity (Wildman–Crippen MR) is 110 cm³/mol. The van der Waals surface area contributed by atoms with Gasteiger partial charge in [-0.15, -0.1) is 0 Å². The monoisotopic (exact) mass is 419 g/mol. The Morgan fingerprint density at radius 2 is 1.89 bits per heavy atom. The molecule has 1 aromatic heterocycles. The number of hydrogen-bond acceptors (Lipinski definition) is 2. The average molecular weight is 420 g/mol. The number of aromatic nitrogens is 1. The largest absolute Gasteiger partial charge is 0.268 e. The van der Waals surface area contributed by atoms with Crippen LogP contribution in [-0.4, -0.2) is 12.4 Å². The summed E-state index contributed by atoms with van der Waals surface area (Å²) in [6.45, 7) is 2.14. The normalized spacial score (nSPS) is 16.5. The van der Waals surface area contributed by atoms with Gasteiger partial charge in [0.1, 0.15) is 0 Å². The first kappa shape index (κ1) is 18.6. The summed E-state index contributed by atoms with van der Waals surface area (Å²) in [6, 6.07) is 13.8. The topological polar surface area (TPSA) is 39.1 Å². The molecule has 140 valence electrons. The first-order valence-electron chi connectivity index (χ1n) is 8.93. The second kappa shape index (κ2) is 7.01. The highest BCUT2D eigenvalue weighted by atomic mass is 35.5. The summed E-state index contributed by atoms with van der Waals surface area (Å²) >= 11 is 12.5. The lowest BCUT2D eigenvalue weighted by Gasteiger charge is -2.14. The van der Waals surface area contributed by atoms with Crippen molar-refractivity contribution < 1.29 is 8.42 Å². The van der Waals surface area contributed by atoms with Crippen LogP contribution in [0, 0.1) is 0 Å². The van der Waals surface area contributed by atoms with Gasteiger partial charge in [-0.1, -0.05) is 54.4 Å². The number of fused-ring (bicyclic) bond motifs is 1. The van der Waals surface area contributed by atoms with Crippen LogP contribution in [0.25, 0.3) is 11.3 Å². The maximum Gasteiger partial charge on any atom is 0.268 e. The minimum absolute atomic E-state index is 0.171. The summed E-state index contributed by atoms with van der Waals surface area (Å²) in [5, 5.41) is 0.933. The summed E-state index contributed by atoms with van der Waals surface area (Å²) in [5.41, 5.74) is 3.60. The van der Waals surface area contributed by atoms with E-state index in [2.05, 4.69) is 6.92 Å². The summed E-state index contributed by atoms with van der Waals surface area (Å²) < 4.78 is 28.3. The molecular formula is C21H19Cl2NO2S. The van der Waals surface area contributed by atoms with Crippen molar-refractivity contribution in [3.05, 3.63) is 75.9 Å². The third-order valence-corrected chi connectivity index (χ3v) is 7.49. The van der Waals surface area contributed by atoms with E-state index in [1.807, 2.05) is 18.2 Å². The van der Waals surface area contributed by atoms with Crippen molar-refractivity contribution in [2.24, 2.45) is 0 Å². The van der Waals surface area contributed by atoms with Gasteiger partial charge < -0.3 is 0 Å². The van der Waals surface area contributed by atoms with Gasteiger partial charge >= 0.3 is 0 Å². The summed E-state index contributed by atoms with van der Waals surface area (Å²) in [7, 11) is -3.79. The van der Waals surface area contributed by atoms with E-state index in [-0.39, 0.29) is 4.90 Å². The number of benzene rings is 2. The second-order valence-electron chi connectivity index (χ2n) is 6.79. The molecule has 3 aromatic rings. The van der Waals surface area contributed by atoms with Crippen molar-refractivity contribution in [3.63, 3.8) is 0 Å². The van der Waals surface area contributed by atoms with Crippen LogP contribution >= 0.6 is 23.2 Å². The van der Waals surface area contributed by atoms with E-state index in [0.29, 0.717) is 21.7 Å². The Labute approximate surface area is 169 Å². The van der Waals surface area contributed by atoms with E-state index < -0.39 is 10.0 Å². The van der Waals surface area contributed by atoms with Gasteiger partial charge in [0, 0.05) is 21.8 Å². The number of hydrogen-bond donors (Lipinski definition) is 0. The fourth-order valence-corrected chi connectivity index (χ4v) is 5.85. The van der Waals surface area contributed by atoms with E-state index >= 15 is 0 Å². The van der Waals surface area contributed by atoms with Crippen LogP contribution in [-0.2, 0) is 16.4 Å². The molecule has 2 aromatic carbocycles. The van der Waals surface area contributed by atoms with Crippen LogP contribution in [0.5, 0.6) is 0 Å². The molecule has 6 heteroatoms. The lowest BCUT2D eigenvalue weighted by atomic mass is 10.0. The van der Waals surface area contributed by atoms with Crippen LogP contribution in [0.3, 0.4) is 0 Å². The molecule has 27 heavy (non-hydrogen) atoms. The quantitative estimate of drug-likeness (QED) is 0.509. The zero-order valence-corrected chi connectivity index (χ0v) is 17.2. The van der Waals surface area contributed by atoms with Gasteiger partial charge in [0.25, 0.3) is 10.0 Å². The minimum atomic E-state index is -3.79. The van der Waals surface area contributed by atoms with E-state index in [1.165, 1.54) is 10.0 Å². The zero-order valence-electron chi connectivity index (χ0n) is 14.8. The molecule has 0 saturated heterocycles. The van der Waals surface area contributed by atoms with Crippen molar-refractivity contribution in [2.45, 2.75) is 37.0 Å². The highest BCUT2D eigenvalue weighted by molar-refractivity contribution is 7.90. The van der Waals surface area contributed by atoms with Gasteiger partial charge in [-0.2, -0.15) is 0 Å². The van der Waals surface area contributed by atoms with Crippen LogP contribution in [0.4, 0.5) is 0 Å². The number of halogens is 2. The average Bonchev–Trinajstić information content (AvgIpc) is 3.21. The Balaban J connectivity index is 2.00. The summed E-state index contributed by atoms with van der Waals surface area (Å²) in [4.78, 5) is 0.171. The van der Waals surface area contributed by atoms with Gasteiger partial charge in [0.05, 0.1) is 10.6 Å². The van der Waals surface area contributed by atoms with Crippen molar-refractivity contribution in [3.8, 4) is 11.3 Å². The van der Waals surface area contributed by atoms with E-state index in [0.717, 1.165) is 36.0 Å². The van der Waals surface area contributed by atoms with Crippen LogP contribution in [0.2, 0.25) is 10.0 Å². The molecule has 3 nitrogen and oxygen atoms in total. The first-order chi connectivity index (χ1) is 12.9. The van der Waals surface area contributed by atoms with Crippen LogP contribution in [0.1, 0.15) is 36.8 Å². The third-order valence-electron chi connectivity index (χ3n) is 5.27. The minimum Gasteiger partial charge on any atom is -0.241 e. The predicted octanol–water partition coefficient (Wildman–Crippen LogP) is 6.14. The Kier molecular flexibility index (Phi) is 4.83. The molecular weight excluding hydrogens is 401 g/mol. The number of nitrogens with zero attached hydrogens (tertiary/aromatic N) is 1. The molecule has 1 heterocycles. The molecule has 4 rings (SSSR count). The van der Waals surface area contributed by atoms with Crippen molar-refractivity contribution >= 4 is 33.2 Å². The van der Waals surface area contributed by atoms with E-state index in [4.69, 9.17) is 23.2 Å². The number of rotatable bonds is 4. The Bertz CT molecular complexity index is 1120. The molecule has 1 aliphatic rings. The molecule has 1 atom stereocenters. The van der Waals surface area contributed by atoms with Gasteiger partial charge in [-0.05, 0) is 60.6 Å². The lowest BCUT2D eigenvalue weighted by Crippen LogP contribution is -2.14. The van der Waals surface area contributed by atoms with Crippen LogP contribution in [0.15, 0.2) is 59.6 Å². The molecule has 0 fully saturated rings. The Morgan fingerprint density at radius 1 is 1.11 bits per heavy atom. The maximum atomic E-state index is 13.5. The van der Waals surface area contributed by atoms with Gasteiger partial charge in [-0.25, -0.2) is 12.4 Å². The Morgan fingerprint density at radius 3 is 2.59 bits per heavy atom. The van der Waals surface area contributed by atoms with Crippen molar-refractivity contribution in [1.29, 1.82) is 0 Å². The van der Waals surface area contributed by atoms with Gasteiger partial charge in [0.2, 0.25) is 0 Å². The van der Waals surface area contributed by atoms with Crippen molar-refractivity contribution in [2.75, 3.05) is 0 Å². The molecule has 0 bridgehead atoms. The second-order valence-corrected chi connectivity index (χ2v) is 9.45. The molecule has 0 spiro atoms. The SMILES string of the molecule is CCC1CCc2c1cn(S(=O)(=O)c1cccc(Cl)c1)c2-c1ccccc1Cl. The van der Waals surface area contributed by atoms with Gasteiger partial charge in [0.15, 0.2) is 0 Å². The van der Waals surface area contributed by atoms with Gasteiger partial charge in [-0.3, -0.25) is 0 Å². The third kappa shape index (κ3) is 3.10. The highest BCUT2D eigenvalue weighted by Crippen LogP contribution is 2.44. The molecule has 1 aliphatic carbocycles. The molecule has 0 radical (unpaired) electrons. The van der Waals surface area contributed by atoms with Crippen molar-refractivity contribution in [1.82, 2.24) is 3.97 Å². The molecule has 0 amide bonds. The molecule has 1 unspecified atom stereocenters. The maximum absolute atomic E-state index is 13.5. The van der Waals surface area contributed by atoms with E-state index in [1.54, 1.807) is 30.5 Å². The highest BCUT2D eigenvalue weighted by Gasteiger charge is 2.32. The Hall–Kier alpha value is -1.75. The van der Waals surface area contributed by atoms with E-state index in [9.17, 15) is 8.42 Å². The lowest BCUT2D eigenvalue weighted by molar-refractivity contribution is 0.586. The molecule has 0 N–H and O–H groups in total.